The number of aromatic amines is 1. The predicted octanol–water partition coefficient (Wildman–Crippen LogP) is 5.15. The number of rotatable bonds is 8. The Labute approximate surface area is 223 Å². The number of ether oxygens (including phenoxy) is 1. The number of pyridine rings is 1. The van der Waals surface area contributed by atoms with Gasteiger partial charge in [-0.3, -0.25) is 10.00 Å². The van der Waals surface area contributed by atoms with Crippen molar-refractivity contribution in [3.8, 4) is 5.75 Å². The number of aromatic nitrogens is 4. The summed E-state index contributed by atoms with van der Waals surface area (Å²) in [4.78, 5) is 22.9. The lowest BCUT2D eigenvalue weighted by Gasteiger charge is -2.36. The molecule has 10 heteroatoms. The van der Waals surface area contributed by atoms with E-state index in [4.69, 9.17) is 4.74 Å². The van der Waals surface area contributed by atoms with Crippen LogP contribution in [0, 0.1) is 5.92 Å². The zero-order valence-corrected chi connectivity index (χ0v) is 22.1. The van der Waals surface area contributed by atoms with Crippen LogP contribution in [0.3, 0.4) is 0 Å². The standard InChI is InChI=1S/C27H30BrN7O2/c28-22-13-30-26-24(25(22)34-10-4-7-20(16-34)29-11-18-8-9-18)23(14-31-26)33-27(36)37-21-12-32-35(17-21)15-19-5-2-1-3-6-19/h1-3,5-6,12-14,17-18,20,29H,4,7-11,15-16H2,(H,30,31)(H,33,36)/t20-/m1/s1. The number of piperidine rings is 1. The number of anilines is 2. The van der Waals surface area contributed by atoms with Gasteiger partial charge >= 0.3 is 6.09 Å². The molecule has 3 aromatic heterocycles. The van der Waals surface area contributed by atoms with Crippen LogP contribution in [0.2, 0.25) is 0 Å². The van der Waals surface area contributed by atoms with Crippen LogP contribution in [0.25, 0.3) is 11.0 Å². The molecule has 0 radical (unpaired) electrons. The van der Waals surface area contributed by atoms with Crippen molar-refractivity contribution in [2.24, 2.45) is 5.92 Å². The molecule has 2 fully saturated rings. The number of amides is 1. The molecule has 37 heavy (non-hydrogen) atoms. The molecule has 1 aromatic carbocycles. The SMILES string of the molecule is O=C(Nc1c[nH]c2ncc(Br)c(N3CCC[C@@H](NCC4CC4)C3)c12)Oc1cnn(Cc2ccccc2)c1. The normalized spacial score (nSPS) is 17.8. The van der Waals surface area contributed by atoms with E-state index in [2.05, 4.69) is 46.5 Å². The van der Waals surface area contributed by atoms with Gasteiger partial charge in [0.25, 0.3) is 0 Å². The number of halogens is 1. The fourth-order valence-corrected chi connectivity index (χ4v) is 5.51. The molecule has 2 aliphatic rings. The molecular weight excluding hydrogens is 534 g/mol. The quantitative estimate of drug-likeness (QED) is 0.274. The lowest BCUT2D eigenvalue weighted by atomic mass is 10.0. The number of nitrogens with one attached hydrogen (secondary N) is 3. The minimum Gasteiger partial charge on any atom is -0.407 e. The summed E-state index contributed by atoms with van der Waals surface area (Å²) < 4.78 is 8.19. The Hall–Kier alpha value is -3.37. The summed E-state index contributed by atoms with van der Waals surface area (Å²) in [5, 5.41) is 11.8. The third-order valence-corrected chi connectivity index (χ3v) is 7.58. The second kappa shape index (κ2) is 10.5. The summed E-state index contributed by atoms with van der Waals surface area (Å²) in [5.41, 5.74) is 3.51. The highest BCUT2D eigenvalue weighted by atomic mass is 79.9. The molecule has 4 aromatic rings. The highest BCUT2D eigenvalue weighted by Crippen LogP contribution is 2.39. The van der Waals surface area contributed by atoms with Crippen LogP contribution in [-0.2, 0) is 6.54 Å². The maximum Gasteiger partial charge on any atom is 0.417 e. The molecule has 1 saturated carbocycles. The van der Waals surface area contributed by atoms with Gasteiger partial charge in [-0.15, -0.1) is 0 Å². The molecule has 1 aliphatic carbocycles. The first-order chi connectivity index (χ1) is 18.1. The van der Waals surface area contributed by atoms with E-state index in [-0.39, 0.29) is 0 Å². The lowest BCUT2D eigenvalue weighted by molar-refractivity contribution is 0.215. The van der Waals surface area contributed by atoms with E-state index in [0.29, 0.717) is 24.0 Å². The first-order valence-electron chi connectivity index (χ1n) is 12.8. The summed E-state index contributed by atoms with van der Waals surface area (Å²) in [6.07, 6.45) is 11.3. The second-order valence-electron chi connectivity index (χ2n) is 9.89. The summed E-state index contributed by atoms with van der Waals surface area (Å²) >= 11 is 3.72. The molecule has 9 nitrogen and oxygen atoms in total. The molecule has 3 N–H and O–H groups in total. The van der Waals surface area contributed by atoms with Gasteiger partial charge in [0.05, 0.1) is 40.2 Å². The summed E-state index contributed by atoms with van der Waals surface area (Å²) in [7, 11) is 0. The monoisotopic (exact) mass is 563 g/mol. The van der Waals surface area contributed by atoms with E-state index < -0.39 is 6.09 Å². The van der Waals surface area contributed by atoms with Crippen molar-refractivity contribution in [2.75, 3.05) is 29.9 Å². The van der Waals surface area contributed by atoms with Gasteiger partial charge in [-0.2, -0.15) is 5.10 Å². The Bertz CT molecular complexity index is 1380. The minimum absolute atomic E-state index is 0.383. The number of hydrogen-bond acceptors (Lipinski definition) is 6. The average Bonchev–Trinajstić information content (AvgIpc) is 3.52. The topological polar surface area (TPSA) is 100 Å². The maximum absolute atomic E-state index is 12.8. The molecule has 1 saturated heterocycles. The zero-order valence-electron chi connectivity index (χ0n) is 20.5. The molecular formula is C27H30BrN7O2. The lowest BCUT2D eigenvalue weighted by Crippen LogP contribution is -2.46. The third kappa shape index (κ3) is 5.65. The van der Waals surface area contributed by atoms with Crippen molar-refractivity contribution in [3.63, 3.8) is 0 Å². The molecule has 1 aliphatic heterocycles. The second-order valence-corrected chi connectivity index (χ2v) is 10.7. The Morgan fingerprint density at radius 2 is 2.05 bits per heavy atom. The summed E-state index contributed by atoms with van der Waals surface area (Å²) in [5.74, 6) is 1.24. The Morgan fingerprint density at radius 1 is 1.19 bits per heavy atom. The molecule has 6 rings (SSSR count). The number of hydrogen-bond donors (Lipinski definition) is 3. The first-order valence-corrected chi connectivity index (χ1v) is 13.6. The van der Waals surface area contributed by atoms with E-state index in [0.717, 1.165) is 58.7 Å². The van der Waals surface area contributed by atoms with Crippen molar-refractivity contribution < 1.29 is 9.53 Å². The van der Waals surface area contributed by atoms with E-state index >= 15 is 0 Å². The molecule has 4 heterocycles. The minimum atomic E-state index is -0.575. The number of H-pyrrole nitrogens is 1. The highest BCUT2D eigenvalue weighted by molar-refractivity contribution is 9.10. The molecule has 0 bridgehead atoms. The van der Waals surface area contributed by atoms with Crippen molar-refractivity contribution in [1.82, 2.24) is 25.1 Å². The fraction of sp³-hybridized carbons (Fsp3) is 0.370. The van der Waals surface area contributed by atoms with Crippen LogP contribution in [0.15, 0.2) is 59.6 Å². The third-order valence-electron chi connectivity index (χ3n) is 7.00. The Morgan fingerprint density at radius 3 is 2.89 bits per heavy atom. The predicted molar refractivity (Wildman–Crippen MR) is 147 cm³/mol. The van der Waals surface area contributed by atoms with E-state index in [1.807, 2.05) is 36.5 Å². The molecule has 192 valence electrons. The highest BCUT2D eigenvalue weighted by Gasteiger charge is 2.27. The molecule has 1 atom stereocenters. The number of benzene rings is 1. The Kier molecular flexibility index (Phi) is 6.84. The smallest absolute Gasteiger partial charge is 0.407 e. The average molecular weight is 564 g/mol. The molecule has 0 unspecified atom stereocenters. The van der Waals surface area contributed by atoms with Gasteiger partial charge in [-0.25, -0.2) is 9.78 Å². The molecule has 1 amide bonds. The number of carbonyl (C=O) groups excluding carboxylic acids is 1. The van der Waals surface area contributed by atoms with Gasteiger partial charge in [-0.1, -0.05) is 30.3 Å². The van der Waals surface area contributed by atoms with Crippen LogP contribution >= 0.6 is 15.9 Å². The Balaban J connectivity index is 1.16. The number of carbonyl (C=O) groups is 1. The number of nitrogens with zero attached hydrogens (tertiary/aromatic N) is 4. The largest absolute Gasteiger partial charge is 0.417 e. The maximum atomic E-state index is 12.8. The van der Waals surface area contributed by atoms with Gasteiger partial charge in [0.1, 0.15) is 5.65 Å². The van der Waals surface area contributed by atoms with Crippen molar-refractivity contribution >= 4 is 44.4 Å². The van der Waals surface area contributed by atoms with Crippen molar-refractivity contribution in [1.29, 1.82) is 0 Å². The van der Waals surface area contributed by atoms with Crippen molar-refractivity contribution in [2.45, 2.75) is 38.3 Å². The van der Waals surface area contributed by atoms with Crippen LogP contribution in [0.1, 0.15) is 31.2 Å². The van der Waals surface area contributed by atoms with E-state index in [1.54, 1.807) is 23.3 Å². The van der Waals surface area contributed by atoms with Gasteiger partial charge in [0.15, 0.2) is 5.75 Å². The van der Waals surface area contributed by atoms with Gasteiger partial charge in [0, 0.05) is 31.5 Å². The molecule has 0 spiro atoms. The zero-order chi connectivity index (χ0) is 25.2. The van der Waals surface area contributed by atoms with Gasteiger partial charge in [-0.05, 0) is 59.6 Å². The van der Waals surface area contributed by atoms with Crippen LogP contribution in [-0.4, -0.2) is 51.5 Å². The van der Waals surface area contributed by atoms with Crippen LogP contribution in [0.4, 0.5) is 16.2 Å². The number of fused-ring (bicyclic) bond motifs is 1. The van der Waals surface area contributed by atoms with E-state index in [9.17, 15) is 4.79 Å². The first kappa shape index (κ1) is 24.0. The van der Waals surface area contributed by atoms with Crippen LogP contribution < -0.4 is 20.3 Å². The fourth-order valence-electron chi connectivity index (χ4n) is 4.96. The van der Waals surface area contributed by atoms with Gasteiger partial charge in [0.2, 0.25) is 0 Å². The van der Waals surface area contributed by atoms with Gasteiger partial charge < -0.3 is 19.9 Å². The van der Waals surface area contributed by atoms with E-state index in [1.165, 1.54) is 19.3 Å². The summed E-state index contributed by atoms with van der Waals surface area (Å²) in [6, 6.07) is 10.5. The van der Waals surface area contributed by atoms with Crippen LogP contribution in [0.5, 0.6) is 5.75 Å². The summed E-state index contributed by atoms with van der Waals surface area (Å²) in [6.45, 7) is 3.58. The van der Waals surface area contributed by atoms with Crippen molar-refractivity contribution in [3.05, 3.63) is 65.2 Å².